The van der Waals surface area contributed by atoms with Gasteiger partial charge < -0.3 is 10.8 Å². The van der Waals surface area contributed by atoms with Crippen LogP contribution in [0.5, 0.6) is 5.75 Å². The van der Waals surface area contributed by atoms with Crippen molar-refractivity contribution in [3.05, 3.63) is 64.7 Å². The van der Waals surface area contributed by atoms with E-state index in [0.717, 1.165) is 17.0 Å². The molecule has 0 aromatic heterocycles. The molecule has 0 saturated heterocycles. The normalized spacial score (nSPS) is 12.3. The van der Waals surface area contributed by atoms with Crippen LogP contribution in [0.2, 0.25) is 5.02 Å². The summed E-state index contributed by atoms with van der Waals surface area (Å²) in [5, 5.41) is 10.2. The summed E-state index contributed by atoms with van der Waals surface area (Å²) in [6, 6.07) is 15.1. The minimum absolute atomic E-state index is 0.240. The van der Waals surface area contributed by atoms with E-state index in [1.807, 2.05) is 36.4 Å². The predicted molar refractivity (Wildman–Crippen MR) is 75.1 cm³/mol. The first kappa shape index (κ1) is 12.9. The van der Waals surface area contributed by atoms with Crippen molar-refractivity contribution in [2.75, 3.05) is 6.54 Å². The summed E-state index contributed by atoms with van der Waals surface area (Å²) in [6.45, 7) is 0.567. The lowest BCUT2D eigenvalue weighted by Gasteiger charge is -2.15. The average Bonchev–Trinajstić information content (AvgIpc) is 2.37. The summed E-state index contributed by atoms with van der Waals surface area (Å²) >= 11 is 5.88. The van der Waals surface area contributed by atoms with Crippen molar-refractivity contribution in [1.29, 1.82) is 0 Å². The van der Waals surface area contributed by atoms with E-state index in [2.05, 4.69) is 0 Å². The van der Waals surface area contributed by atoms with E-state index in [9.17, 15) is 5.11 Å². The zero-order chi connectivity index (χ0) is 13.0. The van der Waals surface area contributed by atoms with Crippen molar-refractivity contribution in [3.8, 4) is 5.75 Å². The van der Waals surface area contributed by atoms with Gasteiger partial charge >= 0.3 is 0 Å². The number of phenols is 1. The van der Waals surface area contributed by atoms with Crippen LogP contribution in [-0.4, -0.2) is 11.7 Å². The van der Waals surface area contributed by atoms with E-state index in [1.165, 1.54) is 5.56 Å². The molecule has 0 aliphatic carbocycles. The molecule has 3 N–H and O–H groups in total. The summed E-state index contributed by atoms with van der Waals surface area (Å²) in [5.41, 5.74) is 8.09. The molecular weight excluding hydrogens is 246 g/mol. The smallest absolute Gasteiger partial charge is 0.115 e. The van der Waals surface area contributed by atoms with Gasteiger partial charge in [-0.3, -0.25) is 0 Å². The molecule has 3 heteroatoms. The van der Waals surface area contributed by atoms with Gasteiger partial charge in [-0.1, -0.05) is 35.9 Å². The Hall–Kier alpha value is -1.51. The molecule has 2 aromatic rings. The third-order valence-corrected chi connectivity index (χ3v) is 3.27. The Morgan fingerprint density at radius 3 is 2.44 bits per heavy atom. The topological polar surface area (TPSA) is 46.2 Å². The first-order valence-electron chi connectivity index (χ1n) is 5.92. The van der Waals surface area contributed by atoms with Gasteiger partial charge in [-0.15, -0.1) is 0 Å². The third kappa shape index (κ3) is 3.25. The predicted octanol–water partition coefficient (Wildman–Crippen LogP) is 3.33. The summed E-state index contributed by atoms with van der Waals surface area (Å²) in [4.78, 5) is 0. The van der Waals surface area contributed by atoms with Gasteiger partial charge in [0.25, 0.3) is 0 Å². The second kappa shape index (κ2) is 5.89. The lowest BCUT2D eigenvalue weighted by Crippen LogP contribution is -2.14. The number of aromatic hydroxyl groups is 1. The Bertz CT molecular complexity index is 510. The fourth-order valence-electron chi connectivity index (χ4n) is 2.04. The largest absolute Gasteiger partial charge is 0.508 e. The van der Waals surface area contributed by atoms with Crippen molar-refractivity contribution >= 4 is 11.6 Å². The lowest BCUT2D eigenvalue weighted by molar-refractivity contribution is 0.474. The molecule has 0 amide bonds. The van der Waals surface area contributed by atoms with Crippen LogP contribution in [0.4, 0.5) is 0 Å². The number of hydrogen-bond acceptors (Lipinski definition) is 2. The molecule has 0 aliphatic heterocycles. The number of rotatable bonds is 4. The fourth-order valence-corrected chi connectivity index (χ4v) is 2.17. The zero-order valence-electron chi connectivity index (χ0n) is 10.0. The minimum atomic E-state index is 0.240. The van der Waals surface area contributed by atoms with E-state index in [1.54, 1.807) is 12.1 Å². The second-order valence-electron chi connectivity index (χ2n) is 4.36. The number of nitrogens with two attached hydrogens (primary N) is 1. The first-order valence-corrected chi connectivity index (χ1v) is 6.30. The van der Waals surface area contributed by atoms with Gasteiger partial charge in [0.15, 0.2) is 0 Å². The Kier molecular flexibility index (Phi) is 4.24. The standard InChI is InChI=1S/C15H16ClNO/c16-14-6-4-12(5-7-14)13(10-17)8-11-2-1-3-15(18)9-11/h1-7,9,13,18H,8,10,17H2. The van der Waals surface area contributed by atoms with Crippen molar-refractivity contribution < 1.29 is 5.11 Å². The van der Waals surface area contributed by atoms with Gasteiger partial charge in [-0.2, -0.15) is 0 Å². The number of halogens is 1. The van der Waals surface area contributed by atoms with E-state index >= 15 is 0 Å². The number of benzene rings is 2. The van der Waals surface area contributed by atoms with E-state index in [4.69, 9.17) is 17.3 Å². The zero-order valence-corrected chi connectivity index (χ0v) is 10.8. The van der Waals surface area contributed by atoms with Crippen LogP contribution >= 0.6 is 11.6 Å². The molecule has 0 fully saturated rings. The fraction of sp³-hybridized carbons (Fsp3) is 0.200. The maximum Gasteiger partial charge on any atom is 0.115 e. The second-order valence-corrected chi connectivity index (χ2v) is 4.79. The summed E-state index contributed by atoms with van der Waals surface area (Å²) in [5.74, 6) is 0.531. The highest BCUT2D eigenvalue weighted by atomic mass is 35.5. The molecule has 0 heterocycles. The van der Waals surface area contributed by atoms with E-state index < -0.39 is 0 Å². The van der Waals surface area contributed by atoms with Crippen molar-refractivity contribution in [1.82, 2.24) is 0 Å². The Morgan fingerprint density at radius 2 is 1.83 bits per heavy atom. The molecule has 1 unspecified atom stereocenters. The molecule has 1 atom stereocenters. The maximum atomic E-state index is 9.46. The van der Waals surface area contributed by atoms with Crippen LogP contribution in [0.1, 0.15) is 17.0 Å². The van der Waals surface area contributed by atoms with Gasteiger partial charge in [0, 0.05) is 10.9 Å². The van der Waals surface area contributed by atoms with Gasteiger partial charge in [0.1, 0.15) is 5.75 Å². The van der Waals surface area contributed by atoms with Crippen molar-refractivity contribution in [2.45, 2.75) is 12.3 Å². The molecule has 0 bridgehead atoms. The summed E-state index contributed by atoms with van der Waals surface area (Å²) < 4.78 is 0. The van der Waals surface area contributed by atoms with E-state index in [-0.39, 0.29) is 5.92 Å². The molecule has 18 heavy (non-hydrogen) atoms. The van der Waals surface area contributed by atoms with Crippen LogP contribution in [0.25, 0.3) is 0 Å². The highest BCUT2D eigenvalue weighted by Crippen LogP contribution is 2.23. The first-order chi connectivity index (χ1) is 8.69. The SMILES string of the molecule is NCC(Cc1cccc(O)c1)c1ccc(Cl)cc1. The molecule has 94 valence electrons. The Labute approximate surface area is 112 Å². The lowest BCUT2D eigenvalue weighted by atomic mass is 9.92. The molecule has 0 radical (unpaired) electrons. The molecule has 2 nitrogen and oxygen atoms in total. The summed E-state index contributed by atoms with van der Waals surface area (Å²) in [7, 11) is 0. The van der Waals surface area contributed by atoms with Crippen LogP contribution in [-0.2, 0) is 6.42 Å². The molecule has 2 aromatic carbocycles. The maximum absolute atomic E-state index is 9.46. The minimum Gasteiger partial charge on any atom is -0.508 e. The van der Waals surface area contributed by atoms with E-state index in [0.29, 0.717) is 12.3 Å². The van der Waals surface area contributed by atoms with Crippen LogP contribution in [0.3, 0.4) is 0 Å². The third-order valence-electron chi connectivity index (χ3n) is 3.02. The Balaban J connectivity index is 2.17. The highest BCUT2D eigenvalue weighted by Gasteiger charge is 2.10. The molecular formula is C15H16ClNO. The Morgan fingerprint density at radius 1 is 1.11 bits per heavy atom. The summed E-state index contributed by atoms with van der Waals surface area (Å²) in [6.07, 6.45) is 0.812. The van der Waals surface area contributed by atoms with Crippen molar-refractivity contribution in [3.63, 3.8) is 0 Å². The van der Waals surface area contributed by atoms with Crippen molar-refractivity contribution in [2.24, 2.45) is 5.73 Å². The number of hydrogen-bond donors (Lipinski definition) is 2. The monoisotopic (exact) mass is 261 g/mol. The molecule has 2 rings (SSSR count). The quantitative estimate of drug-likeness (QED) is 0.887. The van der Waals surface area contributed by atoms with Gasteiger partial charge in [0.2, 0.25) is 0 Å². The van der Waals surface area contributed by atoms with Gasteiger partial charge in [-0.25, -0.2) is 0 Å². The van der Waals surface area contributed by atoms with Gasteiger partial charge in [0.05, 0.1) is 0 Å². The van der Waals surface area contributed by atoms with Crippen LogP contribution in [0.15, 0.2) is 48.5 Å². The van der Waals surface area contributed by atoms with Crippen LogP contribution < -0.4 is 5.73 Å². The highest BCUT2D eigenvalue weighted by molar-refractivity contribution is 6.30. The van der Waals surface area contributed by atoms with Gasteiger partial charge in [-0.05, 0) is 48.4 Å². The molecule has 0 spiro atoms. The molecule has 0 aliphatic rings. The average molecular weight is 262 g/mol. The van der Waals surface area contributed by atoms with Crippen LogP contribution in [0, 0.1) is 0 Å². The number of phenolic OH excluding ortho intramolecular Hbond substituents is 1. The molecule has 0 saturated carbocycles.